The van der Waals surface area contributed by atoms with Crippen molar-refractivity contribution in [3.8, 4) is 40.3 Å². The average molecular weight is 935 g/mol. The number of para-hydroxylation sites is 5. The number of alkyl halides is 3. The number of hydrogen-bond donors (Lipinski definition) is 0. The molecule has 0 N–H and O–H groups in total. The van der Waals surface area contributed by atoms with Gasteiger partial charge < -0.3 is 18.6 Å². The van der Waals surface area contributed by atoms with E-state index in [1.807, 2.05) is 97.1 Å². The molecule has 14 rings (SSSR count). The highest BCUT2D eigenvalue weighted by Gasteiger charge is 2.43. The van der Waals surface area contributed by atoms with Crippen LogP contribution in [0.25, 0.3) is 93.6 Å². The minimum Gasteiger partial charge on any atom is -0.331 e. The quantitative estimate of drug-likeness (QED) is 0.173. The molecule has 72 heavy (non-hydrogen) atoms. The molecule has 4 heterocycles. The monoisotopic (exact) mass is 934 g/mol. The molecule has 2 atom stereocenters. The molecule has 1 aliphatic carbocycles. The first-order valence-corrected chi connectivity index (χ1v) is 23.8. The average Bonchev–Trinajstić information content (AvgIpc) is 4.16. The fourth-order valence-corrected chi connectivity index (χ4v) is 12.0. The molecule has 0 saturated heterocycles. The Morgan fingerprint density at radius 1 is 0.444 bits per heavy atom. The van der Waals surface area contributed by atoms with Gasteiger partial charge in [-0.1, -0.05) is 146 Å². The lowest BCUT2D eigenvalue weighted by Gasteiger charge is -2.32. The van der Waals surface area contributed by atoms with Gasteiger partial charge in [0.2, 0.25) is 0 Å². The van der Waals surface area contributed by atoms with Gasteiger partial charge in [-0.3, -0.25) is 0 Å². The minimum atomic E-state index is -4.85. The number of benzene rings is 9. The maximum Gasteiger partial charge on any atom is 0.417 e. The number of halogens is 3. The molecule has 2 aliphatic rings. The van der Waals surface area contributed by atoms with E-state index < -0.39 is 17.8 Å². The SMILES string of the molecule is N#Cc1cc(N2c3c(ccc4c5ccccc5n(-c5ccccc5)c34)C3C=CC=CC32)c(-c2c(C#N)cccc2C(F)(F)F)cc1-n1c2ccccc2c2ccc3c4ccccc4n(-c4ccccc4)c3c21. The molecule has 3 aromatic heterocycles. The molecular weight excluding hydrogens is 898 g/mol. The van der Waals surface area contributed by atoms with Crippen molar-refractivity contribution in [2.45, 2.75) is 18.1 Å². The van der Waals surface area contributed by atoms with Crippen LogP contribution in [0, 0.1) is 22.7 Å². The molecule has 0 amide bonds. The lowest BCUT2D eigenvalue weighted by Crippen LogP contribution is -2.29. The van der Waals surface area contributed by atoms with Crippen molar-refractivity contribution in [3.05, 3.63) is 235 Å². The van der Waals surface area contributed by atoms with Gasteiger partial charge in [0.25, 0.3) is 0 Å². The summed E-state index contributed by atoms with van der Waals surface area (Å²) in [6.07, 6.45) is 3.37. The van der Waals surface area contributed by atoms with Crippen LogP contribution >= 0.6 is 0 Å². The zero-order valence-electron chi connectivity index (χ0n) is 38.2. The van der Waals surface area contributed by atoms with Gasteiger partial charge in [0, 0.05) is 60.7 Å². The Labute approximate surface area is 410 Å². The molecule has 0 spiro atoms. The molecule has 0 fully saturated rings. The second kappa shape index (κ2) is 15.5. The number of nitriles is 2. The van der Waals surface area contributed by atoms with E-state index in [2.05, 4.69) is 116 Å². The topological polar surface area (TPSA) is 65.6 Å². The molecule has 1 aliphatic heterocycles. The Morgan fingerprint density at radius 3 is 1.56 bits per heavy atom. The Hall–Kier alpha value is -9.57. The van der Waals surface area contributed by atoms with Gasteiger partial charge in [-0.2, -0.15) is 23.7 Å². The van der Waals surface area contributed by atoms with Crippen molar-refractivity contribution in [2.24, 2.45) is 0 Å². The van der Waals surface area contributed by atoms with Crippen LogP contribution in [0.1, 0.15) is 28.2 Å². The lowest BCUT2D eigenvalue weighted by atomic mass is 9.89. The second-order valence-corrected chi connectivity index (χ2v) is 18.5. The summed E-state index contributed by atoms with van der Waals surface area (Å²) in [6, 6.07) is 64.7. The number of nitrogens with zero attached hydrogens (tertiary/aromatic N) is 6. The van der Waals surface area contributed by atoms with Crippen LogP contribution in [-0.4, -0.2) is 19.7 Å². The molecule has 9 heteroatoms. The fraction of sp³-hybridized carbons (Fsp3) is 0.0476. The number of fused-ring (bicyclic) bond motifs is 14. The van der Waals surface area contributed by atoms with Crippen molar-refractivity contribution in [3.63, 3.8) is 0 Å². The largest absolute Gasteiger partial charge is 0.417 e. The molecule has 0 bridgehead atoms. The maximum atomic E-state index is 15.8. The third kappa shape index (κ3) is 5.76. The van der Waals surface area contributed by atoms with E-state index in [1.165, 1.54) is 12.1 Å². The molecule has 340 valence electrons. The standard InChI is InChI=1S/C63H37F3N6/c64-63(65,66)51-25-15-16-38(36-67)58(51)50-35-56(71-54-28-13-9-23-44(54)48-32-30-46-42-21-7-11-26-52(42)69(59(46)61(48)71)40-17-3-1-4-18-40)39(37-68)34-57(50)72-55-29-14-10-24-45(55)49-33-31-47-43-22-8-12-27-53(43)70(60(47)62(49)72)41-19-5-2-6-20-41/h1-35,45,55H. The van der Waals surface area contributed by atoms with Gasteiger partial charge in [-0.25, -0.2) is 0 Å². The minimum absolute atomic E-state index is 0.137. The summed E-state index contributed by atoms with van der Waals surface area (Å²) in [4.78, 5) is 2.13. The molecule has 9 aromatic carbocycles. The highest BCUT2D eigenvalue weighted by Crippen LogP contribution is 2.56. The van der Waals surface area contributed by atoms with E-state index in [9.17, 15) is 10.5 Å². The van der Waals surface area contributed by atoms with Crippen LogP contribution in [-0.2, 0) is 6.18 Å². The summed E-state index contributed by atoms with van der Waals surface area (Å²) >= 11 is 0. The van der Waals surface area contributed by atoms with Crippen molar-refractivity contribution in [1.29, 1.82) is 10.5 Å². The molecular formula is C63H37F3N6. The summed E-state index contributed by atoms with van der Waals surface area (Å²) < 4.78 is 54.1. The smallest absolute Gasteiger partial charge is 0.331 e. The molecule has 0 radical (unpaired) electrons. The fourth-order valence-electron chi connectivity index (χ4n) is 12.0. The predicted molar refractivity (Wildman–Crippen MR) is 283 cm³/mol. The number of aromatic nitrogens is 3. The normalized spacial score (nSPS) is 15.3. The molecule has 2 unspecified atom stereocenters. The Kier molecular flexibility index (Phi) is 8.90. The van der Waals surface area contributed by atoms with E-state index in [0.717, 1.165) is 94.1 Å². The second-order valence-electron chi connectivity index (χ2n) is 18.5. The van der Waals surface area contributed by atoms with Gasteiger partial charge in [-0.15, -0.1) is 0 Å². The van der Waals surface area contributed by atoms with E-state index in [1.54, 1.807) is 12.1 Å². The van der Waals surface area contributed by atoms with E-state index in [-0.39, 0.29) is 28.2 Å². The number of allylic oxidation sites excluding steroid dienone is 2. The number of hydrogen-bond acceptors (Lipinski definition) is 3. The predicted octanol–water partition coefficient (Wildman–Crippen LogP) is 16.1. The third-order valence-electron chi connectivity index (χ3n) is 14.8. The third-order valence-corrected chi connectivity index (χ3v) is 14.8. The van der Waals surface area contributed by atoms with Crippen LogP contribution in [0.5, 0.6) is 0 Å². The van der Waals surface area contributed by atoms with Gasteiger partial charge in [0.1, 0.15) is 6.07 Å². The van der Waals surface area contributed by atoms with Crippen LogP contribution in [0.2, 0.25) is 0 Å². The first-order valence-electron chi connectivity index (χ1n) is 23.8. The number of anilines is 2. The maximum absolute atomic E-state index is 15.8. The van der Waals surface area contributed by atoms with Gasteiger partial charge in [0.05, 0.1) is 79.0 Å². The van der Waals surface area contributed by atoms with Crippen LogP contribution in [0.3, 0.4) is 0 Å². The molecule has 12 aromatic rings. The molecule has 6 nitrogen and oxygen atoms in total. The lowest BCUT2D eigenvalue weighted by molar-refractivity contribution is -0.137. The van der Waals surface area contributed by atoms with Crippen molar-refractivity contribution < 1.29 is 13.2 Å². The summed E-state index contributed by atoms with van der Waals surface area (Å²) in [7, 11) is 0. The number of rotatable bonds is 5. The zero-order chi connectivity index (χ0) is 48.4. The van der Waals surface area contributed by atoms with Crippen molar-refractivity contribution in [1.82, 2.24) is 13.7 Å². The summed E-state index contributed by atoms with van der Waals surface area (Å²) in [5.41, 5.74) is 8.76. The van der Waals surface area contributed by atoms with E-state index >= 15 is 13.2 Å². The first kappa shape index (κ1) is 41.4. The Bertz CT molecular complexity index is 4420. The van der Waals surface area contributed by atoms with E-state index in [0.29, 0.717) is 11.4 Å². The van der Waals surface area contributed by atoms with Gasteiger partial charge >= 0.3 is 6.18 Å². The van der Waals surface area contributed by atoms with Gasteiger partial charge in [-0.05, 0) is 72.3 Å². The first-order chi connectivity index (χ1) is 35.3. The Morgan fingerprint density at radius 2 is 0.958 bits per heavy atom. The van der Waals surface area contributed by atoms with Gasteiger partial charge in [0.15, 0.2) is 0 Å². The van der Waals surface area contributed by atoms with Crippen LogP contribution in [0.15, 0.2) is 212 Å². The van der Waals surface area contributed by atoms with Crippen molar-refractivity contribution >= 4 is 76.8 Å². The summed E-state index contributed by atoms with van der Waals surface area (Å²) in [6.45, 7) is 0. The molecule has 0 saturated carbocycles. The Balaban J connectivity index is 1.16. The van der Waals surface area contributed by atoms with Crippen molar-refractivity contribution in [2.75, 3.05) is 4.90 Å². The highest BCUT2D eigenvalue weighted by molar-refractivity contribution is 6.24. The van der Waals surface area contributed by atoms with Crippen LogP contribution in [0.4, 0.5) is 24.5 Å². The summed E-state index contributed by atoms with van der Waals surface area (Å²) in [5, 5.41) is 28.4. The zero-order valence-corrected chi connectivity index (χ0v) is 38.2. The highest BCUT2D eigenvalue weighted by atomic mass is 19.4. The van der Waals surface area contributed by atoms with Crippen LogP contribution < -0.4 is 4.90 Å². The summed E-state index contributed by atoms with van der Waals surface area (Å²) in [5.74, 6) is -0.200. The van der Waals surface area contributed by atoms with E-state index in [4.69, 9.17) is 0 Å².